The van der Waals surface area contributed by atoms with E-state index in [1.165, 1.54) is 19.3 Å². The van der Waals surface area contributed by atoms with Crippen molar-refractivity contribution in [2.24, 2.45) is 5.92 Å². The number of hydrogen-bond donors (Lipinski definition) is 1. The number of nitrogens with zero attached hydrogens (tertiary/aromatic N) is 2. The predicted molar refractivity (Wildman–Crippen MR) is 87.3 cm³/mol. The summed E-state index contributed by atoms with van der Waals surface area (Å²) in [6.45, 7) is 2.78. The number of nitrogens with one attached hydrogen (secondary N) is 1. The van der Waals surface area contributed by atoms with Gasteiger partial charge < -0.3 is 10.2 Å². The average Bonchev–Trinajstić information content (AvgIpc) is 3.07. The molecule has 2 aliphatic rings. The molecule has 3 rings (SSSR count). The number of amides is 1. The molecule has 4 nitrogen and oxygen atoms in total. The topological polar surface area (TPSA) is 45.2 Å². The van der Waals surface area contributed by atoms with Gasteiger partial charge in [0.05, 0.1) is 0 Å². The fraction of sp³-hybridized carbons (Fsp3) is 0.667. The highest BCUT2D eigenvalue weighted by atomic mass is 16.2. The largest absolute Gasteiger partial charge is 0.335 e. The van der Waals surface area contributed by atoms with Crippen molar-refractivity contribution in [2.75, 3.05) is 13.1 Å². The summed E-state index contributed by atoms with van der Waals surface area (Å²) in [7, 11) is 0. The van der Waals surface area contributed by atoms with E-state index in [1.807, 2.05) is 12.3 Å². The van der Waals surface area contributed by atoms with Gasteiger partial charge in [0.25, 0.3) is 0 Å². The van der Waals surface area contributed by atoms with Crippen LogP contribution in [0.15, 0.2) is 24.5 Å². The first-order valence-corrected chi connectivity index (χ1v) is 8.72. The summed E-state index contributed by atoms with van der Waals surface area (Å²) < 4.78 is 0. The van der Waals surface area contributed by atoms with Gasteiger partial charge in [-0.15, -0.1) is 0 Å². The van der Waals surface area contributed by atoms with Gasteiger partial charge in [-0.05, 0) is 49.9 Å². The molecular weight excluding hydrogens is 274 g/mol. The lowest BCUT2D eigenvalue weighted by Crippen LogP contribution is -2.41. The molecule has 1 saturated heterocycles. The van der Waals surface area contributed by atoms with Gasteiger partial charge >= 0.3 is 0 Å². The molecule has 1 atom stereocenters. The Kier molecular flexibility index (Phi) is 5.43. The molecule has 2 heterocycles. The van der Waals surface area contributed by atoms with Crippen molar-refractivity contribution >= 4 is 5.91 Å². The van der Waals surface area contributed by atoms with Crippen LogP contribution in [0.1, 0.15) is 50.5 Å². The summed E-state index contributed by atoms with van der Waals surface area (Å²) in [6.07, 6.45) is 11.7. The molecule has 0 bridgehead atoms. The van der Waals surface area contributed by atoms with E-state index in [1.54, 1.807) is 6.20 Å². The molecule has 4 heteroatoms. The molecule has 1 aromatic rings. The van der Waals surface area contributed by atoms with Gasteiger partial charge in [0.1, 0.15) is 0 Å². The van der Waals surface area contributed by atoms with Crippen molar-refractivity contribution in [3.63, 3.8) is 0 Å². The van der Waals surface area contributed by atoms with E-state index in [-0.39, 0.29) is 0 Å². The lowest BCUT2D eigenvalue weighted by Gasteiger charge is -2.35. The number of hydrogen-bond acceptors (Lipinski definition) is 3. The molecule has 120 valence electrons. The summed E-state index contributed by atoms with van der Waals surface area (Å²) in [5.74, 6) is 0.858. The molecule has 0 aromatic carbocycles. The van der Waals surface area contributed by atoms with E-state index in [0.29, 0.717) is 24.3 Å². The zero-order valence-corrected chi connectivity index (χ0v) is 13.3. The maximum atomic E-state index is 12.9. The lowest BCUT2D eigenvalue weighted by molar-refractivity contribution is -0.135. The molecule has 0 radical (unpaired) electrons. The quantitative estimate of drug-likeness (QED) is 0.909. The van der Waals surface area contributed by atoms with Gasteiger partial charge in [-0.1, -0.05) is 25.3 Å². The molecular formula is C18H27N3O. The molecule has 0 spiro atoms. The van der Waals surface area contributed by atoms with Crippen molar-refractivity contribution in [1.29, 1.82) is 0 Å². The van der Waals surface area contributed by atoms with Gasteiger partial charge in [0.15, 0.2) is 0 Å². The van der Waals surface area contributed by atoms with Gasteiger partial charge in [-0.2, -0.15) is 0 Å². The first-order valence-electron chi connectivity index (χ1n) is 8.72. The molecule has 22 heavy (non-hydrogen) atoms. The van der Waals surface area contributed by atoms with E-state index in [0.717, 1.165) is 44.5 Å². The van der Waals surface area contributed by atoms with E-state index in [4.69, 9.17) is 0 Å². The Morgan fingerprint density at radius 3 is 2.82 bits per heavy atom. The maximum Gasteiger partial charge on any atom is 0.223 e. The minimum atomic E-state index is 0.337. The summed E-state index contributed by atoms with van der Waals surface area (Å²) in [4.78, 5) is 19.2. The Labute approximate surface area is 133 Å². The molecule has 1 saturated carbocycles. The summed E-state index contributed by atoms with van der Waals surface area (Å²) in [6, 6.07) is 4.46. The molecule has 0 unspecified atom stereocenters. The Morgan fingerprint density at radius 1 is 1.27 bits per heavy atom. The van der Waals surface area contributed by atoms with Crippen LogP contribution in [0.5, 0.6) is 0 Å². The fourth-order valence-electron chi connectivity index (χ4n) is 3.75. The second-order valence-corrected chi connectivity index (χ2v) is 6.74. The van der Waals surface area contributed by atoms with Crippen LogP contribution in [0.25, 0.3) is 0 Å². The molecule has 2 fully saturated rings. The van der Waals surface area contributed by atoms with E-state index >= 15 is 0 Å². The minimum Gasteiger partial charge on any atom is -0.335 e. The van der Waals surface area contributed by atoms with Gasteiger partial charge in [0.2, 0.25) is 5.91 Å². The maximum absolute atomic E-state index is 12.9. The number of rotatable bonds is 5. The average molecular weight is 301 g/mol. The molecule has 1 N–H and O–H groups in total. The van der Waals surface area contributed by atoms with Gasteiger partial charge in [-0.3, -0.25) is 9.78 Å². The fourth-order valence-corrected chi connectivity index (χ4v) is 3.75. The third kappa shape index (κ3) is 4.07. The van der Waals surface area contributed by atoms with Gasteiger partial charge in [-0.25, -0.2) is 0 Å². The highest BCUT2D eigenvalue weighted by Crippen LogP contribution is 2.26. The highest BCUT2D eigenvalue weighted by Gasteiger charge is 2.28. The second kappa shape index (κ2) is 7.73. The van der Waals surface area contributed by atoms with Crippen LogP contribution in [-0.4, -0.2) is 34.9 Å². The van der Waals surface area contributed by atoms with E-state index < -0.39 is 0 Å². The van der Waals surface area contributed by atoms with Gasteiger partial charge in [0, 0.05) is 31.4 Å². The lowest BCUT2D eigenvalue weighted by atomic mass is 9.93. The van der Waals surface area contributed by atoms with Crippen molar-refractivity contribution < 1.29 is 4.79 Å². The Bertz CT molecular complexity index is 464. The van der Waals surface area contributed by atoms with Crippen molar-refractivity contribution in [2.45, 2.75) is 57.5 Å². The normalized spacial score (nSPS) is 22.6. The van der Waals surface area contributed by atoms with E-state index in [2.05, 4.69) is 21.3 Å². The Hall–Kier alpha value is -1.42. The van der Waals surface area contributed by atoms with Crippen LogP contribution < -0.4 is 5.32 Å². The SMILES string of the molecule is O=C(C[C@@H]1CCNC1)N(Cc1cccnc1)C1CCCCC1. The smallest absolute Gasteiger partial charge is 0.223 e. The first-order chi connectivity index (χ1) is 10.8. The summed E-state index contributed by atoms with van der Waals surface area (Å²) >= 11 is 0. The van der Waals surface area contributed by atoms with Crippen molar-refractivity contribution in [3.05, 3.63) is 30.1 Å². The molecule has 1 aliphatic carbocycles. The predicted octanol–water partition coefficient (Wildman–Crippen LogP) is 2.74. The standard InChI is InChI=1S/C18H27N3O/c22-18(11-15-8-10-20-12-15)21(17-6-2-1-3-7-17)14-16-5-4-9-19-13-16/h4-5,9,13,15,17,20H,1-3,6-8,10-12,14H2/t15-/m0/s1. The number of pyridine rings is 1. The molecule has 1 aromatic heterocycles. The molecule has 1 aliphatic heterocycles. The zero-order valence-electron chi connectivity index (χ0n) is 13.3. The Morgan fingerprint density at radius 2 is 2.14 bits per heavy atom. The monoisotopic (exact) mass is 301 g/mol. The highest BCUT2D eigenvalue weighted by molar-refractivity contribution is 5.77. The van der Waals surface area contributed by atoms with Crippen LogP contribution in [0.2, 0.25) is 0 Å². The van der Waals surface area contributed by atoms with Crippen molar-refractivity contribution in [3.8, 4) is 0 Å². The van der Waals surface area contributed by atoms with Crippen LogP contribution in [-0.2, 0) is 11.3 Å². The van der Waals surface area contributed by atoms with Crippen molar-refractivity contribution in [1.82, 2.24) is 15.2 Å². The van der Waals surface area contributed by atoms with Crippen LogP contribution in [0.4, 0.5) is 0 Å². The number of carbonyl (C=O) groups is 1. The second-order valence-electron chi connectivity index (χ2n) is 6.74. The summed E-state index contributed by atoms with van der Waals surface area (Å²) in [5.41, 5.74) is 1.14. The third-order valence-corrected chi connectivity index (χ3v) is 5.04. The minimum absolute atomic E-state index is 0.337. The number of carbonyl (C=O) groups excluding carboxylic acids is 1. The van der Waals surface area contributed by atoms with Crippen LogP contribution in [0, 0.1) is 5.92 Å². The third-order valence-electron chi connectivity index (χ3n) is 5.04. The molecule has 1 amide bonds. The Balaban J connectivity index is 1.68. The van der Waals surface area contributed by atoms with Crippen LogP contribution in [0.3, 0.4) is 0 Å². The zero-order chi connectivity index (χ0) is 15.2. The summed E-state index contributed by atoms with van der Waals surface area (Å²) in [5, 5.41) is 3.37. The first kappa shape index (κ1) is 15.5. The van der Waals surface area contributed by atoms with Crippen LogP contribution >= 0.6 is 0 Å². The van der Waals surface area contributed by atoms with E-state index in [9.17, 15) is 4.79 Å². The number of aromatic nitrogens is 1.